The van der Waals surface area contributed by atoms with E-state index in [2.05, 4.69) is 9.71 Å². The van der Waals surface area contributed by atoms with Gasteiger partial charge in [-0.3, -0.25) is 0 Å². The van der Waals surface area contributed by atoms with Crippen molar-refractivity contribution in [1.29, 1.82) is 0 Å². The topological polar surface area (TPSA) is 96.4 Å². The average molecular weight is 276 g/mol. The van der Waals surface area contributed by atoms with Crippen LogP contribution in [0.3, 0.4) is 0 Å². The van der Waals surface area contributed by atoms with E-state index >= 15 is 0 Å². The summed E-state index contributed by atoms with van der Waals surface area (Å²) in [6.07, 6.45) is 2.57. The highest BCUT2D eigenvalue weighted by Crippen LogP contribution is 2.42. The number of nitrogens with zero attached hydrogens (tertiary/aromatic N) is 1. The predicted octanol–water partition coefficient (Wildman–Crippen LogP) is 0.813. The Balaban J connectivity index is 2.00. The zero-order valence-electron chi connectivity index (χ0n) is 9.13. The minimum Gasteiger partial charge on any atom is -0.477 e. The van der Waals surface area contributed by atoms with E-state index in [0.29, 0.717) is 17.8 Å². The number of carbonyl (C=O) groups is 1. The van der Waals surface area contributed by atoms with Gasteiger partial charge in [-0.15, -0.1) is 11.3 Å². The molecule has 94 valence electrons. The smallest absolute Gasteiger partial charge is 0.347 e. The van der Waals surface area contributed by atoms with E-state index in [0.717, 1.165) is 11.3 Å². The van der Waals surface area contributed by atoms with Gasteiger partial charge in [-0.1, -0.05) is 0 Å². The van der Waals surface area contributed by atoms with Gasteiger partial charge >= 0.3 is 5.97 Å². The molecule has 0 aromatic carbocycles. The number of thiazole rings is 1. The van der Waals surface area contributed by atoms with Crippen molar-refractivity contribution in [2.24, 2.45) is 0 Å². The molecule has 2 rings (SSSR count). The van der Waals surface area contributed by atoms with Crippen molar-refractivity contribution in [2.75, 3.05) is 0 Å². The van der Waals surface area contributed by atoms with E-state index in [1.807, 2.05) is 0 Å². The molecule has 0 unspecified atom stereocenters. The van der Waals surface area contributed by atoms with Gasteiger partial charge < -0.3 is 5.11 Å². The summed E-state index contributed by atoms with van der Waals surface area (Å²) in [5.74, 6) is -1.05. The summed E-state index contributed by atoms with van der Waals surface area (Å²) in [4.78, 5) is 14.6. The summed E-state index contributed by atoms with van der Waals surface area (Å²) in [6, 6.07) is 0. The monoisotopic (exact) mass is 276 g/mol. The van der Waals surface area contributed by atoms with Crippen LogP contribution in [0, 0.1) is 0 Å². The molecule has 0 bridgehead atoms. The molecule has 1 fully saturated rings. The van der Waals surface area contributed by atoms with Gasteiger partial charge in [-0.25, -0.2) is 22.9 Å². The maximum Gasteiger partial charge on any atom is 0.347 e. The van der Waals surface area contributed by atoms with E-state index in [9.17, 15) is 13.2 Å². The van der Waals surface area contributed by atoms with Crippen LogP contribution >= 0.6 is 11.3 Å². The number of aromatic carboxylic acids is 1. The molecule has 0 saturated heterocycles. The third-order valence-electron chi connectivity index (χ3n) is 2.78. The zero-order chi connectivity index (χ0) is 12.7. The normalized spacial score (nSPS) is 17.9. The standard InChI is InChI=1S/C9H12N2O4S2/c1-9(2-3-9)17(14,15)11-5-7-10-4-6(16-7)8(12)13/h4,11H,2-3,5H2,1H3,(H,12,13). The predicted molar refractivity (Wildman–Crippen MR) is 62.5 cm³/mol. The number of carboxylic acid groups (broad SMARTS) is 1. The average Bonchev–Trinajstić information content (AvgIpc) is 2.82. The van der Waals surface area contributed by atoms with Gasteiger partial charge in [-0.05, 0) is 19.8 Å². The van der Waals surface area contributed by atoms with Gasteiger partial charge in [0.2, 0.25) is 10.0 Å². The van der Waals surface area contributed by atoms with Gasteiger partial charge in [0.1, 0.15) is 9.88 Å². The number of hydrogen-bond donors (Lipinski definition) is 2. The third-order valence-corrected chi connectivity index (χ3v) is 6.00. The molecule has 8 heteroatoms. The molecule has 6 nitrogen and oxygen atoms in total. The third kappa shape index (κ3) is 2.48. The summed E-state index contributed by atoms with van der Waals surface area (Å²) in [6.45, 7) is 1.75. The Kier molecular flexibility index (Phi) is 2.96. The van der Waals surface area contributed by atoms with Crippen molar-refractivity contribution in [3.63, 3.8) is 0 Å². The van der Waals surface area contributed by atoms with Gasteiger partial charge in [0.15, 0.2) is 0 Å². The highest BCUT2D eigenvalue weighted by Gasteiger charge is 2.49. The second-order valence-corrected chi connectivity index (χ2v) is 7.59. The van der Waals surface area contributed by atoms with Crippen LogP contribution in [0.4, 0.5) is 0 Å². The zero-order valence-corrected chi connectivity index (χ0v) is 10.8. The molecule has 1 aromatic heterocycles. The summed E-state index contributed by atoms with van der Waals surface area (Å²) in [5.41, 5.74) is 0. The lowest BCUT2D eigenvalue weighted by molar-refractivity contribution is 0.0702. The molecule has 0 atom stereocenters. The van der Waals surface area contributed by atoms with E-state index in [4.69, 9.17) is 5.11 Å². The van der Waals surface area contributed by atoms with Gasteiger partial charge in [0, 0.05) is 0 Å². The van der Waals surface area contributed by atoms with Crippen molar-refractivity contribution in [3.8, 4) is 0 Å². The first-order chi connectivity index (χ1) is 7.84. The van der Waals surface area contributed by atoms with Crippen LogP contribution in [0.1, 0.15) is 34.4 Å². The van der Waals surface area contributed by atoms with Crippen LogP contribution in [0.5, 0.6) is 0 Å². The second-order valence-electron chi connectivity index (χ2n) is 4.20. The number of aromatic nitrogens is 1. The fraction of sp³-hybridized carbons (Fsp3) is 0.556. The Morgan fingerprint density at radius 1 is 1.65 bits per heavy atom. The molecule has 2 N–H and O–H groups in total. The lowest BCUT2D eigenvalue weighted by Crippen LogP contribution is -2.33. The summed E-state index contributed by atoms with van der Waals surface area (Å²) >= 11 is 0.975. The fourth-order valence-electron chi connectivity index (χ4n) is 1.27. The fourth-order valence-corrected chi connectivity index (χ4v) is 3.37. The van der Waals surface area contributed by atoms with Crippen LogP contribution < -0.4 is 4.72 Å². The van der Waals surface area contributed by atoms with Gasteiger partial charge in [0.05, 0.1) is 17.5 Å². The largest absolute Gasteiger partial charge is 0.477 e. The van der Waals surface area contributed by atoms with Crippen LogP contribution in [-0.2, 0) is 16.6 Å². The van der Waals surface area contributed by atoms with Crippen molar-refractivity contribution in [3.05, 3.63) is 16.1 Å². The van der Waals surface area contributed by atoms with E-state index < -0.39 is 20.7 Å². The van der Waals surface area contributed by atoms with Crippen molar-refractivity contribution in [1.82, 2.24) is 9.71 Å². The van der Waals surface area contributed by atoms with Crippen LogP contribution in [-0.4, -0.2) is 29.2 Å². The minimum atomic E-state index is -3.33. The maximum absolute atomic E-state index is 11.8. The first kappa shape index (κ1) is 12.5. The highest BCUT2D eigenvalue weighted by molar-refractivity contribution is 7.91. The molecule has 0 spiro atoms. The van der Waals surface area contributed by atoms with Gasteiger partial charge in [0.25, 0.3) is 0 Å². The SMILES string of the molecule is CC1(S(=O)(=O)NCc2ncc(C(=O)O)s2)CC1. The first-order valence-corrected chi connectivity index (χ1v) is 7.31. The Labute approximate surface area is 103 Å². The molecule has 17 heavy (non-hydrogen) atoms. The Morgan fingerprint density at radius 2 is 2.29 bits per heavy atom. The molecule has 1 aromatic rings. The summed E-state index contributed by atoms with van der Waals surface area (Å²) < 4.78 is 25.4. The van der Waals surface area contributed by atoms with E-state index in [-0.39, 0.29) is 11.4 Å². The number of rotatable bonds is 5. The number of hydrogen-bond acceptors (Lipinski definition) is 5. The molecular weight excluding hydrogens is 264 g/mol. The quantitative estimate of drug-likeness (QED) is 0.829. The van der Waals surface area contributed by atoms with Crippen molar-refractivity contribution >= 4 is 27.3 Å². The van der Waals surface area contributed by atoms with Crippen LogP contribution in [0.2, 0.25) is 0 Å². The Hall–Kier alpha value is -0.990. The summed E-state index contributed by atoms with van der Waals surface area (Å²) in [5, 5.41) is 9.15. The van der Waals surface area contributed by atoms with Crippen LogP contribution in [0.15, 0.2) is 6.20 Å². The number of nitrogens with one attached hydrogen (secondary N) is 1. The molecule has 1 aliphatic rings. The molecular formula is C9H12N2O4S2. The molecule has 1 aliphatic carbocycles. The van der Waals surface area contributed by atoms with Gasteiger partial charge in [-0.2, -0.15) is 0 Å². The molecule has 1 heterocycles. The van der Waals surface area contributed by atoms with Crippen LogP contribution in [0.25, 0.3) is 0 Å². The lowest BCUT2D eigenvalue weighted by atomic mass is 10.5. The summed E-state index contributed by atoms with van der Waals surface area (Å²) in [7, 11) is -3.33. The molecule has 0 radical (unpaired) electrons. The highest BCUT2D eigenvalue weighted by atomic mass is 32.2. The Morgan fingerprint density at radius 3 is 2.76 bits per heavy atom. The molecule has 1 saturated carbocycles. The Bertz CT molecular complexity index is 545. The van der Waals surface area contributed by atoms with Crippen molar-refractivity contribution in [2.45, 2.75) is 31.1 Å². The molecule has 0 amide bonds. The van der Waals surface area contributed by atoms with E-state index in [1.165, 1.54) is 6.20 Å². The number of sulfonamides is 1. The van der Waals surface area contributed by atoms with Crippen molar-refractivity contribution < 1.29 is 18.3 Å². The van der Waals surface area contributed by atoms with E-state index in [1.54, 1.807) is 6.92 Å². The molecule has 0 aliphatic heterocycles. The maximum atomic E-state index is 11.8. The second kappa shape index (κ2) is 4.04. The number of carboxylic acids is 1. The first-order valence-electron chi connectivity index (χ1n) is 5.01. The lowest BCUT2D eigenvalue weighted by Gasteiger charge is -2.10. The minimum absolute atomic E-state index is 0.0515.